The summed E-state index contributed by atoms with van der Waals surface area (Å²) in [6.45, 7) is 5.49. The van der Waals surface area contributed by atoms with E-state index in [0.717, 1.165) is 9.37 Å². The number of anilines is 1. The zero-order valence-electron chi connectivity index (χ0n) is 17.4. The predicted octanol–water partition coefficient (Wildman–Crippen LogP) is 4.32. The van der Waals surface area contributed by atoms with E-state index in [0.29, 0.717) is 12.1 Å². The summed E-state index contributed by atoms with van der Waals surface area (Å²) < 4.78 is 0.807. The lowest BCUT2D eigenvalue weighted by atomic mass is 9.94. The summed E-state index contributed by atoms with van der Waals surface area (Å²) in [5.74, 6) is -1.42. The molecule has 0 aromatic heterocycles. The summed E-state index contributed by atoms with van der Waals surface area (Å²) in [5, 5.41) is 11.1. The van der Waals surface area contributed by atoms with Crippen LogP contribution in [-0.4, -0.2) is 39.1 Å². The first-order chi connectivity index (χ1) is 14.6. The van der Waals surface area contributed by atoms with Gasteiger partial charge < -0.3 is 4.90 Å². The molecule has 8 nitrogen and oxygen atoms in total. The minimum Gasteiger partial charge on any atom is -0.321 e. The van der Waals surface area contributed by atoms with Gasteiger partial charge in [0.2, 0.25) is 5.91 Å². The van der Waals surface area contributed by atoms with Crippen molar-refractivity contribution in [3.8, 4) is 0 Å². The second-order valence-electron chi connectivity index (χ2n) is 7.91. The summed E-state index contributed by atoms with van der Waals surface area (Å²) in [4.78, 5) is 52.6. The quantitative estimate of drug-likeness (QED) is 0.343. The molecule has 1 heterocycles. The van der Waals surface area contributed by atoms with Crippen LogP contribution in [0.2, 0.25) is 0 Å². The summed E-state index contributed by atoms with van der Waals surface area (Å²) in [5.41, 5.74) is -0.459. The van der Waals surface area contributed by atoms with Crippen LogP contribution >= 0.6 is 15.9 Å². The third kappa shape index (κ3) is 4.36. The number of carbonyl (C=O) groups excluding carboxylic acids is 3. The molecule has 1 aliphatic heterocycles. The number of benzene rings is 2. The highest BCUT2D eigenvalue weighted by Gasteiger charge is 2.48. The van der Waals surface area contributed by atoms with Gasteiger partial charge in [-0.25, -0.2) is 4.90 Å². The number of nitrogens with zero attached hydrogens (tertiary/aromatic N) is 3. The van der Waals surface area contributed by atoms with Gasteiger partial charge in [0.25, 0.3) is 17.5 Å². The average Bonchev–Trinajstić information content (AvgIpc) is 3.02. The van der Waals surface area contributed by atoms with E-state index < -0.39 is 34.2 Å². The van der Waals surface area contributed by atoms with Crippen molar-refractivity contribution >= 4 is 45.0 Å². The van der Waals surface area contributed by atoms with Crippen LogP contribution in [0.25, 0.3) is 0 Å². The van der Waals surface area contributed by atoms with Crippen LogP contribution in [-0.2, 0) is 9.59 Å². The topological polar surface area (TPSA) is 101 Å². The van der Waals surface area contributed by atoms with Crippen molar-refractivity contribution in [2.24, 2.45) is 0 Å². The van der Waals surface area contributed by atoms with Gasteiger partial charge in [0.05, 0.1) is 17.0 Å². The maximum Gasteiger partial charge on any atom is 0.270 e. The van der Waals surface area contributed by atoms with Gasteiger partial charge in [0.15, 0.2) is 0 Å². The summed E-state index contributed by atoms with van der Waals surface area (Å²) >= 11 is 3.33. The van der Waals surface area contributed by atoms with Crippen LogP contribution in [0.3, 0.4) is 0 Å². The Morgan fingerprint density at radius 1 is 1.23 bits per heavy atom. The molecule has 2 aromatic rings. The number of nitro groups is 1. The number of halogens is 1. The Kier molecular flexibility index (Phi) is 6.26. The van der Waals surface area contributed by atoms with Gasteiger partial charge in [-0.2, -0.15) is 0 Å². The number of carbonyl (C=O) groups is 3. The van der Waals surface area contributed by atoms with Crippen molar-refractivity contribution in [2.75, 3.05) is 4.90 Å². The lowest BCUT2D eigenvalue weighted by Crippen LogP contribution is -2.55. The first-order valence-corrected chi connectivity index (χ1v) is 10.6. The molecule has 0 aliphatic carbocycles. The molecule has 1 fully saturated rings. The highest BCUT2D eigenvalue weighted by atomic mass is 79.9. The van der Waals surface area contributed by atoms with Gasteiger partial charge in [-0.3, -0.25) is 24.5 Å². The van der Waals surface area contributed by atoms with Gasteiger partial charge >= 0.3 is 0 Å². The van der Waals surface area contributed by atoms with E-state index in [9.17, 15) is 24.5 Å². The third-order valence-electron chi connectivity index (χ3n) is 5.56. The van der Waals surface area contributed by atoms with Crippen molar-refractivity contribution in [1.82, 2.24) is 4.90 Å². The second-order valence-corrected chi connectivity index (χ2v) is 8.83. The van der Waals surface area contributed by atoms with E-state index in [1.54, 1.807) is 24.3 Å². The number of non-ortho nitro benzene ring substituents is 1. The average molecular weight is 488 g/mol. The molecule has 1 atom stereocenters. The van der Waals surface area contributed by atoms with E-state index in [1.807, 2.05) is 20.8 Å². The van der Waals surface area contributed by atoms with Gasteiger partial charge in [0.1, 0.15) is 6.04 Å². The van der Waals surface area contributed by atoms with Crippen molar-refractivity contribution in [2.45, 2.75) is 45.2 Å². The molecular weight excluding hydrogens is 466 g/mol. The van der Waals surface area contributed by atoms with Crippen LogP contribution in [0.15, 0.2) is 53.0 Å². The Morgan fingerprint density at radius 2 is 1.87 bits per heavy atom. The van der Waals surface area contributed by atoms with Gasteiger partial charge in [-0.15, -0.1) is 0 Å². The number of amides is 3. The Bertz CT molecular complexity index is 1050. The Labute approximate surface area is 188 Å². The number of nitro benzene ring substituents is 1. The number of rotatable bonds is 6. The molecule has 0 saturated carbocycles. The van der Waals surface area contributed by atoms with E-state index in [2.05, 4.69) is 15.9 Å². The van der Waals surface area contributed by atoms with Gasteiger partial charge in [-0.05, 0) is 50.6 Å². The highest BCUT2D eigenvalue weighted by Crippen LogP contribution is 2.33. The van der Waals surface area contributed by atoms with Crippen LogP contribution in [0.4, 0.5) is 11.4 Å². The summed E-state index contributed by atoms with van der Waals surface area (Å²) in [6.07, 6.45) is 0.364. The maximum absolute atomic E-state index is 13.5. The van der Waals surface area contributed by atoms with Crippen molar-refractivity contribution in [3.63, 3.8) is 0 Å². The van der Waals surface area contributed by atoms with Crippen LogP contribution in [0.1, 0.15) is 44.0 Å². The normalized spacial score (nSPS) is 16.5. The van der Waals surface area contributed by atoms with E-state index in [1.165, 1.54) is 29.2 Å². The highest BCUT2D eigenvalue weighted by molar-refractivity contribution is 9.10. The third-order valence-corrected chi connectivity index (χ3v) is 6.09. The summed E-state index contributed by atoms with van der Waals surface area (Å²) in [7, 11) is 0. The molecule has 3 amide bonds. The van der Waals surface area contributed by atoms with Crippen LogP contribution < -0.4 is 4.90 Å². The number of hydrogen-bond acceptors (Lipinski definition) is 5. The fourth-order valence-electron chi connectivity index (χ4n) is 3.58. The van der Waals surface area contributed by atoms with E-state index >= 15 is 0 Å². The predicted molar refractivity (Wildman–Crippen MR) is 119 cm³/mol. The fraction of sp³-hybridized carbons (Fsp3) is 0.318. The standard InChI is InChI=1S/C22H22BrN3O5/c1-4-22(2,3)25(20(28)14-6-5-7-17(12-14)26(30)31)18-13-19(27)24(21(18)29)16-10-8-15(23)9-11-16/h5-12,18H,4,13H2,1-3H3. The molecule has 0 radical (unpaired) electrons. The molecule has 0 spiro atoms. The van der Waals surface area contributed by atoms with Crippen molar-refractivity contribution in [3.05, 3.63) is 68.7 Å². The lowest BCUT2D eigenvalue weighted by molar-refractivity contribution is -0.384. The molecule has 1 saturated heterocycles. The molecule has 2 aromatic carbocycles. The largest absolute Gasteiger partial charge is 0.321 e. The first-order valence-electron chi connectivity index (χ1n) is 9.77. The minimum absolute atomic E-state index is 0.0954. The Morgan fingerprint density at radius 3 is 2.45 bits per heavy atom. The van der Waals surface area contributed by atoms with Crippen molar-refractivity contribution in [1.29, 1.82) is 0 Å². The minimum atomic E-state index is -1.00. The molecule has 3 rings (SSSR count). The molecule has 0 bridgehead atoms. The van der Waals surface area contributed by atoms with Crippen molar-refractivity contribution < 1.29 is 19.3 Å². The molecule has 162 valence electrons. The number of hydrogen-bond donors (Lipinski definition) is 0. The zero-order valence-corrected chi connectivity index (χ0v) is 19.0. The smallest absolute Gasteiger partial charge is 0.270 e. The Balaban J connectivity index is 2.02. The number of imide groups is 1. The SMILES string of the molecule is CCC(C)(C)N(C(=O)c1cccc([N+](=O)[O-])c1)C1CC(=O)N(c2ccc(Br)cc2)C1=O. The van der Waals surface area contributed by atoms with Crippen LogP contribution in [0, 0.1) is 10.1 Å². The van der Waals surface area contributed by atoms with Gasteiger partial charge in [-0.1, -0.05) is 28.9 Å². The fourth-order valence-corrected chi connectivity index (χ4v) is 3.84. The lowest BCUT2D eigenvalue weighted by Gasteiger charge is -2.41. The monoisotopic (exact) mass is 487 g/mol. The van der Waals surface area contributed by atoms with E-state index in [-0.39, 0.29) is 17.7 Å². The molecule has 1 aliphatic rings. The second kappa shape index (κ2) is 8.58. The maximum atomic E-state index is 13.5. The molecule has 9 heteroatoms. The molecule has 0 N–H and O–H groups in total. The zero-order chi connectivity index (χ0) is 22.9. The molecule has 1 unspecified atom stereocenters. The van der Waals surface area contributed by atoms with Gasteiger partial charge in [0, 0.05) is 27.7 Å². The Hall–Kier alpha value is -3.07. The molecule has 31 heavy (non-hydrogen) atoms. The summed E-state index contributed by atoms with van der Waals surface area (Å²) in [6, 6.07) is 11.1. The van der Waals surface area contributed by atoms with E-state index in [4.69, 9.17) is 0 Å². The van der Waals surface area contributed by atoms with Crippen LogP contribution in [0.5, 0.6) is 0 Å². The molecular formula is C22H22BrN3O5. The first kappa shape index (κ1) is 22.6.